The fourth-order valence-corrected chi connectivity index (χ4v) is 2.38. The Morgan fingerprint density at radius 2 is 2.45 bits per heavy atom. The Morgan fingerprint density at radius 1 is 1.55 bits per heavy atom. The van der Waals surface area contributed by atoms with Gasteiger partial charge in [0.15, 0.2) is 5.84 Å². The Hall–Kier alpha value is -1.66. The van der Waals surface area contributed by atoms with Crippen LogP contribution in [0.25, 0.3) is 0 Å². The zero-order valence-corrected chi connectivity index (χ0v) is 11.6. The monoisotopic (exact) mass is 278 g/mol. The lowest BCUT2D eigenvalue weighted by Gasteiger charge is -2.22. The maximum Gasteiger partial charge on any atom is 0.189 e. The summed E-state index contributed by atoms with van der Waals surface area (Å²) in [5, 5.41) is 15.1. The van der Waals surface area contributed by atoms with Crippen molar-refractivity contribution < 1.29 is 9.94 Å². The van der Waals surface area contributed by atoms with Crippen molar-refractivity contribution >= 4 is 5.84 Å². The van der Waals surface area contributed by atoms with Gasteiger partial charge in [0.2, 0.25) is 0 Å². The summed E-state index contributed by atoms with van der Waals surface area (Å²) in [4.78, 5) is 4.14. The van der Waals surface area contributed by atoms with Gasteiger partial charge in [-0.05, 0) is 43.9 Å². The van der Waals surface area contributed by atoms with E-state index >= 15 is 0 Å². The Balaban J connectivity index is 1.79. The topological polar surface area (TPSA) is 92.8 Å². The minimum Gasteiger partial charge on any atom is -0.409 e. The van der Waals surface area contributed by atoms with Gasteiger partial charge in [0.1, 0.15) is 5.69 Å². The van der Waals surface area contributed by atoms with Crippen molar-refractivity contribution in [1.82, 2.24) is 10.3 Å². The van der Waals surface area contributed by atoms with Crippen LogP contribution in [-0.4, -0.2) is 35.3 Å². The fraction of sp³-hybridized carbons (Fsp3) is 0.571. The molecule has 6 heteroatoms. The number of aromatic nitrogens is 1. The molecule has 1 atom stereocenters. The Bertz CT molecular complexity index is 445. The highest BCUT2D eigenvalue weighted by Crippen LogP contribution is 2.15. The summed E-state index contributed by atoms with van der Waals surface area (Å²) in [6.45, 7) is 2.42. The molecule has 0 amide bonds. The van der Waals surface area contributed by atoms with Crippen LogP contribution < -0.4 is 11.1 Å². The van der Waals surface area contributed by atoms with E-state index in [0.717, 1.165) is 31.6 Å². The van der Waals surface area contributed by atoms with Crippen LogP contribution in [-0.2, 0) is 11.3 Å². The molecule has 6 nitrogen and oxygen atoms in total. The van der Waals surface area contributed by atoms with Crippen molar-refractivity contribution in [3.8, 4) is 0 Å². The quantitative estimate of drug-likeness (QED) is 0.239. The molecule has 1 aliphatic heterocycles. The zero-order chi connectivity index (χ0) is 14.2. The largest absolute Gasteiger partial charge is 0.409 e. The summed E-state index contributed by atoms with van der Waals surface area (Å²) in [7, 11) is 0. The van der Waals surface area contributed by atoms with Crippen LogP contribution in [0.2, 0.25) is 0 Å². The predicted octanol–water partition coefficient (Wildman–Crippen LogP) is 1.22. The van der Waals surface area contributed by atoms with E-state index in [4.69, 9.17) is 15.7 Å². The van der Waals surface area contributed by atoms with E-state index < -0.39 is 0 Å². The Labute approximate surface area is 119 Å². The molecular weight excluding hydrogens is 256 g/mol. The molecule has 0 saturated carbocycles. The van der Waals surface area contributed by atoms with E-state index in [2.05, 4.69) is 15.5 Å². The van der Waals surface area contributed by atoms with Gasteiger partial charge >= 0.3 is 0 Å². The van der Waals surface area contributed by atoms with Gasteiger partial charge in [-0.25, -0.2) is 0 Å². The lowest BCUT2D eigenvalue weighted by molar-refractivity contribution is 0.0115. The highest BCUT2D eigenvalue weighted by Gasteiger charge is 2.13. The van der Waals surface area contributed by atoms with Gasteiger partial charge in [-0.15, -0.1) is 0 Å². The highest BCUT2D eigenvalue weighted by atomic mass is 16.5. The van der Waals surface area contributed by atoms with Crippen LogP contribution in [0.5, 0.6) is 0 Å². The van der Waals surface area contributed by atoms with Gasteiger partial charge in [0.25, 0.3) is 0 Å². The van der Waals surface area contributed by atoms with E-state index in [1.807, 2.05) is 12.1 Å². The minimum atomic E-state index is 0.0398. The van der Waals surface area contributed by atoms with Gasteiger partial charge in [-0.2, -0.15) is 0 Å². The number of amidine groups is 1. The second-order valence-corrected chi connectivity index (χ2v) is 4.95. The molecule has 0 radical (unpaired) electrons. The first-order valence-corrected chi connectivity index (χ1v) is 7.05. The summed E-state index contributed by atoms with van der Waals surface area (Å²) in [6, 6.07) is 3.76. The highest BCUT2D eigenvalue weighted by molar-refractivity contribution is 5.96. The van der Waals surface area contributed by atoms with E-state index in [9.17, 15) is 0 Å². The summed E-state index contributed by atoms with van der Waals surface area (Å²) in [6.07, 6.45) is 6.63. The molecule has 1 unspecified atom stereocenters. The number of hydrogen-bond donors (Lipinski definition) is 3. The second-order valence-electron chi connectivity index (χ2n) is 4.95. The van der Waals surface area contributed by atoms with E-state index in [1.165, 1.54) is 12.8 Å². The predicted molar refractivity (Wildman–Crippen MR) is 76.7 cm³/mol. The van der Waals surface area contributed by atoms with Crippen LogP contribution in [0.3, 0.4) is 0 Å². The Morgan fingerprint density at radius 3 is 3.20 bits per heavy atom. The minimum absolute atomic E-state index is 0.0398. The van der Waals surface area contributed by atoms with E-state index in [-0.39, 0.29) is 5.84 Å². The van der Waals surface area contributed by atoms with Crippen molar-refractivity contribution in [2.24, 2.45) is 10.9 Å². The van der Waals surface area contributed by atoms with Crippen molar-refractivity contribution in [2.45, 2.75) is 38.3 Å². The molecule has 1 saturated heterocycles. The van der Waals surface area contributed by atoms with Crippen molar-refractivity contribution in [3.05, 3.63) is 29.6 Å². The lowest BCUT2D eigenvalue weighted by atomic mass is 10.1. The third-order valence-electron chi connectivity index (χ3n) is 3.47. The number of ether oxygens (including phenoxy) is 1. The standard InChI is InChI=1S/C14H22N4O2/c15-14(18-19)13-11(4-3-7-17-13)10-16-8-6-12-5-1-2-9-20-12/h3-4,7,12,16,19H,1-2,5-6,8-10H2,(H2,15,18). The first kappa shape index (κ1) is 14.7. The number of hydrogen-bond acceptors (Lipinski definition) is 5. The van der Waals surface area contributed by atoms with Gasteiger partial charge in [-0.1, -0.05) is 11.2 Å². The average molecular weight is 278 g/mol. The first-order chi connectivity index (χ1) is 9.81. The van der Waals surface area contributed by atoms with Crippen LogP contribution in [0, 0.1) is 0 Å². The van der Waals surface area contributed by atoms with E-state index in [0.29, 0.717) is 18.3 Å². The number of pyridine rings is 1. The number of nitrogens with zero attached hydrogens (tertiary/aromatic N) is 2. The molecule has 4 N–H and O–H groups in total. The van der Waals surface area contributed by atoms with Crippen molar-refractivity contribution in [2.75, 3.05) is 13.2 Å². The summed E-state index contributed by atoms with van der Waals surface area (Å²) < 4.78 is 5.69. The number of rotatable bonds is 6. The molecule has 1 aromatic rings. The molecule has 0 aliphatic carbocycles. The van der Waals surface area contributed by atoms with Crippen molar-refractivity contribution in [1.29, 1.82) is 0 Å². The van der Waals surface area contributed by atoms with Gasteiger partial charge < -0.3 is 21.0 Å². The first-order valence-electron chi connectivity index (χ1n) is 7.05. The molecule has 1 fully saturated rings. The average Bonchev–Trinajstić information content (AvgIpc) is 2.52. The second kappa shape index (κ2) is 7.81. The molecule has 20 heavy (non-hydrogen) atoms. The smallest absolute Gasteiger partial charge is 0.189 e. The summed E-state index contributed by atoms with van der Waals surface area (Å²) >= 11 is 0. The molecule has 2 heterocycles. The van der Waals surface area contributed by atoms with Crippen LogP contribution in [0.15, 0.2) is 23.5 Å². The molecule has 0 aromatic carbocycles. The molecule has 0 bridgehead atoms. The Kier molecular flexibility index (Phi) is 5.76. The molecule has 110 valence electrons. The maximum absolute atomic E-state index is 8.74. The number of oxime groups is 1. The number of nitrogens with two attached hydrogens (primary N) is 1. The maximum atomic E-state index is 8.74. The normalized spacial score (nSPS) is 20.0. The van der Waals surface area contributed by atoms with Gasteiger partial charge in [0, 0.05) is 19.3 Å². The molecular formula is C14H22N4O2. The summed E-state index contributed by atoms with van der Waals surface area (Å²) in [5.74, 6) is 0.0398. The summed E-state index contributed by atoms with van der Waals surface area (Å²) in [5.41, 5.74) is 7.05. The van der Waals surface area contributed by atoms with Crippen LogP contribution in [0.4, 0.5) is 0 Å². The van der Waals surface area contributed by atoms with Gasteiger partial charge in [-0.3, -0.25) is 4.98 Å². The van der Waals surface area contributed by atoms with Crippen LogP contribution >= 0.6 is 0 Å². The van der Waals surface area contributed by atoms with E-state index in [1.54, 1.807) is 6.20 Å². The molecule has 2 rings (SSSR count). The lowest BCUT2D eigenvalue weighted by Crippen LogP contribution is -2.26. The van der Waals surface area contributed by atoms with Gasteiger partial charge in [0.05, 0.1) is 6.10 Å². The molecule has 1 aromatic heterocycles. The third kappa shape index (κ3) is 4.18. The third-order valence-corrected chi connectivity index (χ3v) is 3.47. The van der Waals surface area contributed by atoms with Crippen LogP contribution in [0.1, 0.15) is 36.9 Å². The number of nitrogens with one attached hydrogen (secondary N) is 1. The SMILES string of the molecule is N/C(=N/O)c1ncccc1CNCCC1CCCCO1. The fourth-order valence-electron chi connectivity index (χ4n) is 2.38. The zero-order valence-electron chi connectivity index (χ0n) is 11.6. The molecule has 0 spiro atoms. The molecule has 1 aliphatic rings. The van der Waals surface area contributed by atoms with Crippen molar-refractivity contribution in [3.63, 3.8) is 0 Å².